The second kappa shape index (κ2) is 8.08. The zero-order chi connectivity index (χ0) is 21.3. The van der Waals surface area contributed by atoms with Crippen molar-refractivity contribution in [2.75, 3.05) is 6.54 Å². The summed E-state index contributed by atoms with van der Waals surface area (Å²) in [6.07, 6.45) is 2.73. The van der Waals surface area contributed by atoms with Crippen LogP contribution in [-0.4, -0.2) is 32.7 Å². The van der Waals surface area contributed by atoms with E-state index in [0.717, 1.165) is 30.1 Å². The molecule has 0 spiro atoms. The lowest BCUT2D eigenvalue weighted by Crippen LogP contribution is -2.44. The number of hydrogen-bond acceptors (Lipinski definition) is 3. The summed E-state index contributed by atoms with van der Waals surface area (Å²) in [6.45, 7) is 8.46. The molecule has 1 aromatic carbocycles. The van der Waals surface area contributed by atoms with Crippen LogP contribution >= 0.6 is 0 Å². The van der Waals surface area contributed by atoms with Crippen LogP contribution in [0.25, 0.3) is 0 Å². The highest BCUT2D eigenvalue weighted by Crippen LogP contribution is 2.32. The van der Waals surface area contributed by atoms with Gasteiger partial charge in [0.25, 0.3) is 0 Å². The number of imidazole rings is 1. The Morgan fingerprint density at radius 2 is 1.86 bits per heavy atom. The summed E-state index contributed by atoms with van der Waals surface area (Å²) in [5.41, 5.74) is 0.553. The SMILES string of the molecule is CCc1ncc2n1CCN(C(=O)OC(C)(C)C)C2CCc1cc(F)c(F)c(F)c1. The molecule has 1 aromatic heterocycles. The van der Waals surface area contributed by atoms with Crippen molar-refractivity contribution in [3.05, 3.63) is 52.9 Å². The van der Waals surface area contributed by atoms with E-state index in [1.54, 1.807) is 31.9 Å². The minimum Gasteiger partial charge on any atom is -0.444 e. The van der Waals surface area contributed by atoms with Crippen LogP contribution in [0, 0.1) is 17.5 Å². The molecule has 29 heavy (non-hydrogen) atoms. The van der Waals surface area contributed by atoms with E-state index in [1.165, 1.54) is 0 Å². The van der Waals surface area contributed by atoms with E-state index in [9.17, 15) is 18.0 Å². The highest BCUT2D eigenvalue weighted by molar-refractivity contribution is 5.69. The third-order valence-electron chi connectivity index (χ3n) is 4.95. The zero-order valence-corrected chi connectivity index (χ0v) is 17.1. The predicted molar refractivity (Wildman–Crippen MR) is 102 cm³/mol. The van der Waals surface area contributed by atoms with Gasteiger partial charge in [-0.3, -0.25) is 4.90 Å². The van der Waals surface area contributed by atoms with E-state index < -0.39 is 29.1 Å². The van der Waals surface area contributed by atoms with Gasteiger partial charge in [-0.25, -0.2) is 22.9 Å². The lowest BCUT2D eigenvalue weighted by molar-refractivity contribution is 0.00946. The van der Waals surface area contributed by atoms with Crippen molar-refractivity contribution in [1.29, 1.82) is 0 Å². The van der Waals surface area contributed by atoms with Gasteiger partial charge in [-0.05, 0) is 51.3 Å². The fourth-order valence-electron chi connectivity index (χ4n) is 3.66. The number of hydrogen-bond donors (Lipinski definition) is 0. The summed E-state index contributed by atoms with van der Waals surface area (Å²) < 4.78 is 48.0. The summed E-state index contributed by atoms with van der Waals surface area (Å²) in [4.78, 5) is 18.9. The molecule has 8 heteroatoms. The van der Waals surface area contributed by atoms with Gasteiger partial charge >= 0.3 is 6.09 Å². The molecule has 2 aromatic rings. The maximum absolute atomic E-state index is 13.6. The molecule has 1 aliphatic rings. The number of benzene rings is 1. The summed E-state index contributed by atoms with van der Waals surface area (Å²) >= 11 is 0. The van der Waals surface area contributed by atoms with Crippen LogP contribution in [-0.2, 0) is 24.1 Å². The molecule has 0 fully saturated rings. The van der Waals surface area contributed by atoms with Crippen LogP contribution in [0.2, 0.25) is 0 Å². The van der Waals surface area contributed by atoms with Crippen LogP contribution in [0.3, 0.4) is 0 Å². The van der Waals surface area contributed by atoms with Gasteiger partial charge in [-0.15, -0.1) is 0 Å². The minimum absolute atomic E-state index is 0.269. The predicted octanol–water partition coefficient (Wildman–Crippen LogP) is 4.79. The molecule has 3 rings (SSSR count). The van der Waals surface area contributed by atoms with Crippen molar-refractivity contribution in [3.8, 4) is 0 Å². The van der Waals surface area contributed by atoms with Crippen molar-refractivity contribution in [2.24, 2.45) is 0 Å². The van der Waals surface area contributed by atoms with Gasteiger partial charge in [0.05, 0.1) is 17.9 Å². The molecule has 0 bridgehead atoms. The molecule has 5 nitrogen and oxygen atoms in total. The van der Waals surface area contributed by atoms with Crippen molar-refractivity contribution in [2.45, 2.75) is 65.1 Å². The molecule has 1 unspecified atom stereocenters. The Labute approximate surface area is 168 Å². The first-order chi connectivity index (χ1) is 13.6. The number of halogens is 3. The van der Waals surface area contributed by atoms with E-state index in [0.29, 0.717) is 25.1 Å². The lowest BCUT2D eigenvalue weighted by Gasteiger charge is -2.38. The normalized spacial score (nSPS) is 16.7. The Kier molecular flexibility index (Phi) is 5.91. The molecule has 0 aliphatic carbocycles. The molecule has 158 valence electrons. The first-order valence-electron chi connectivity index (χ1n) is 9.78. The molecule has 0 saturated heterocycles. The average Bonchev–Trinajstić information content (AvgIpc) is 3.05. The Morgan fingerprint density at radius 1 is 1.21 bits per heavy atom. The standard InChI is InChI=1S/C21H26F3N3O2/c1-5-18-25-12-17-16(7-6-13-10-14(22)19(24)15(23)11-13)27(9-8-26(17)18)20(28)29-21(2,3)4/h10-12,16H,5-9H2,1-4H3. The summed E-state index contributed by atoms with van der Waals surface area (Å²) in [5.74, 6) is -2.99. The monoisotopic (exact) mass is 409 g/mol. The number of amides is 1. The van der Waals surface area contributed by atoms with Crippen LogP contribution in [0.4, 0.5) is 18.0 Å². The smallest absolute Gasteiger partial charge is 0.410 e. The molecular formula is C21H26F3N3O2. The fourth-order valence-corrected chi connectivity index (χ4v) is 3.66. The van der Waals surface area contributed by atoms with Crippen LogP contribution in [0.1, 0.15) is 57.2 Å². The van der Waals surface area contributed by atoms with E-state index in [2.05, 4.69) is 9.55 Å². The van der Waals surface area contributed by atoms with E-state index in [4.69, 9.17) is 4.74 Å². The number of rotatable bonds is 4. The Hall–Kier alpha value is -2.51. The number of carbonyl (C=O) groups is 1. The molecule has 0 saturated carbocycles. The minimum atomic E-state index is -1.48. The van der Waals surface area contributed by atoms with Crippen molar-refractivity contribution < 1.29 is 22.7 Å². The van der Waals surface area contributed by atoms with Gasteiger partial charge in [-0.1, -0.05) is 6.92 Å². The highest BCUT2D eigenvalue weighted by atomic mass is 19.2. The molecule has 2 heterocycles. The largest absolute Gasteiger partial charge is 0.444 e. The summed E-state index contributed by atoms with van der Waals surface area (Å²) in [6, 6.07) is 1.63. The Morgan fingerprint density at radius 3 is 2.45 bits per heavy atom. The number of aryl methyl sites for hydroxylation is 2. The number of ether oxygens (including phenoxy) is 1. The third-order valence-corrected chi connectivity index (χ3v) is 4.95. The zero-order valence-electron chi connectivity index (χ0n) is 17.1. The lowest BCUT2D eigenvalue weighted by atomic mass is 10.00. The quantitative estimate of drug-likeness (QED) is 0.683. The maximum atomic E-state index is 13.6. The van der Waals surface area contributed by atoms with E-state index in [-0.39, 0.29) is 12.5 Å². The number of fused-ring (bicyclic) bond motifs is 1. The summed E-state index contributed by atoms with van der Waals surface area (Å²) in [7, 11) is 0. The van der Waals surface area contributed by atoms with Gasteiger partial charge in [0.15, 0.2) is 17.5 Å². The van der Waals surface area contributed by atoms with Gasteiger partial charge in [0.2, 0.25) is 0 Å². The number of carbonyl (C=O) groups excluding carboxylic acids is 1. The molecule has 1 aliphatic heterocycles. The van der Waals surface area contributed by atoms with Crippen LogP contribution in [0.15, 0.2) is 18.3 Å². The van der Waals surface area contributed by atoms with Crippen molar-refractivity contribution in [3.63, 3.8) is 0 Å². The maximum Gasteiger partial charge on any atom is 0.410 e. The van der Waals surface area contributed by atoms with Crippen molar-refractivity contribution >= 4 is 6.09 Å². The average molecular weight is 409 g/mol. The summed E-state index contributed by atoms with van der Waals surface area (Å²) in [5, 5.41) is 0. The van der Waals surface area contributed by atoms with Gasteiger partial charge < -0.3 is 9.30 Å². The molecule has 1 atom stereocenters. The first kappa shape index (κ1) is 21.2. The molecular weight excluding hydrogens is 383 g/mol. The second-order valence-electron chi connectivity index (χ2n) is 8.21. The number of nitrogens with zero attached hydrogens (tertiary/aromatic N) is 3. The topological polar surface area (TPSA) is 47.4 Å². The first-order valence-corrected chi connectivity index (χ1v) is 9.78. The fraction of sp³-hybridized carbons (Fsp3) is 0.524. The van der Waals surface area contributed by atoms with Crippen LogP contribution < -0.4 is 0 Å². The second-order valence-corrected chi connectivity index (χ2v) is 8.21. The van der Waals surface area contributed by atoms with Gasteiger partial charge in [-0.2, -0.15) is 0 Å². The third kappa shape index (κ3) is 4.57. The molecule has 0 N–H and O–H groups in total. The van der Waals surface area contributed by atoms with Gasteiger partial charge in [0, 0.05) is 19.5 Å². The van der Waals surface area contributed by atoms with Crippen LogP contribution in [0.5, 0.6) is 0 Å². The Balaban J connectivity index is 1.87. The molecule has 1 amide bonds. The Bertz CT molecular complexity index is 882. The van der Waals surface area contributed by atoms with Crippen molar-refractivity contribution in [1.82, 2.24) is 14.5 Å². The number of aromatic nitrogens is 2. The molecule has 0 radical (unpaired) electrons. The van der Waals surface area contributed by atoms with Gasteiger partial charge in [0.1, 0.15) is 11.4 Å². The highest BCUT2D eigenvalue weighted by Gasteiger charge is 2.35. The van der Waals surface area contributed by atoms with E-state index in [1.807, 2.05) is 6.92 Å². The van der Waals surface area contributed by atoms with E-state index >= 15 is 0 Å².